The van der Waals surface area contributed by atoms with Crippen LogP contribution in [0.5, 0.6) is 0 Å². The lowest BCUT2D eigenvalue weighted by atomic mass is 10.1. The van der Waals surface area contributed by atoms with Crippen molar-refractivity contribution in [1.82, 2.24) is 15.1 Å². The van der Waals surface area contributed by atoms with Gasteiger partial charge in [-0.2, -0.15) is 5.10 Å². The minimum atomic E-state index is -0.240. The van der Waals surface area contributed by atoms with E-state index < -0.39 is 0 Å². The Hall–Kier alpha value is -1.82. The lowest BCUT2D eigenvalue weighted by Gasteiger charge is -2.08. The third-order valence-electron chi connectivity index (χ3n) is 2.52. The molecule has 1 aromatic carbocycles. The van der Waals surface area contributed by atoms with Crippen molar-refractivity contribution >= 4 is 27.6 Å². The number of urea groups is 1. The van der Waals surface area contributed by atoms with Crippen LogP contribution < -0.4 is 10.6 Å². The van der Waals surface area contributed by atoms with Crippen LogP contribution in [-0.4, -0.2) is 22.9 Å². The van der Waals surface area contributed by atoms with Crippen molar-refractivity contribution in [3.8, 4) is 11.3 Å². The predicted molar refractivity (Wildman–Crippen MR) is 74.4 cm³/mol. The van der Waals surface area contributed by atoms with Crippen molar-refractivity contribution in [2.45, 2.75) is 0 Å². The minimum Gasteiger partial charge on any atom is -0.341 e. The van der Waals surface area contributed by atoms with Crippen LogP contribution >= 0.6 is 15.9 Å². The minimum absolute atomic E-state index is 0.240. The summed E-state index contributed by atoms with van der Waals surface area (Å²) in [6, 6.07) is 7.35. The second-order valence-corrected chi connectivity index (χ2v) is 4.60. The number of anilines is 1. The van der Waals surface area contributed by atoms with Gasteiger partial charge in [0.15, 0.2) is 0 Å². The van der Waals surface area contributed by atoms with E-state index in [0.29, 0.717) is 0 Å². The Balaban J connectivity index is 2.36. The van der Waals surface area contributed by atoms with E-state index >= 15 is 0 Å². The molecule has 0 fully saturated rings. The fourth-order valence-corrected chi connectivity index (χ4v) is 2.25. The highest BCUT2D eigenvalue weighted by atomic mass is 79.9. The van der Waals surface area contributed by atoms with Crippen molar-refractivity contribution in [3.63, 3.8) is 0 Å². The molecule has 0 aliphatic rings. The van der Waals surface area contributed by atoms with Crippen LogP contribution in [-0.2, 0) is 7.05 Å². The van der Waals surface area contributed by atoms with Crippen molar-refractivity contribution in [2.75, 3.05) is 12.4 Å². The fourth-order valence-electron chi connectivity index (χ4n) is 1.67. The Labute approximate surface area is 113 Å². The molecule has 1 heterocycles. The molecule has 2 amide bonds. The summed E-state index contributed by atoms with van der Waals surface area (Å²) in [5, 5.41) is 9.42. The van der Waals surface area contributed by atoms with Crippen molar-refractivity contribution in [1.29, 1.82) is 0 Å². The first-order valence-corrected chi connectivity index (χ1v) is 6.18. The molecular weight excluding hydrogens is 296 g/mol. The molecule has 0 unspecified atom stereocenters. The van der Waals surface area contributed by atoms with Gasteiger partial charge >= 0.3 is 6.03 Å². The van der Waals surface area contributed by atoms with Gasteiger partial charge in [0.05, 0.1) is 16.4 Å². The Morgan fingerprint density at radius 3 is 2.83 bits per heavy atom. The molecule has 0 aliphatic carbocycles. The van der Waals surface area contributed by atoms with E-state index in [0.717, 1.165) is 21.4 Å². The highest BCUT2D eigenvalue weighted by Crippen LogP contribution is 2.28. The summed E-state index contributed by atoms with van der Waals surface area (Å²) in [5.41, 5.74) is 2.69. The lowest BCUT2D eigenvalue weighted by Crippen LogP contribution is -2.24. The highest BCUT2D eigenvalue weighted by molar-refractivity contribution is 9.10. The van der Waals surface area contributed by atoms with E-state index in [2.05, 4.69) is 31.7 Å². The van der Waals surface area contributed by atoms with E-state index in [9.17, 15) is 4.79 Å². The molecular formula is C12H13BrN4O. The molecule has 5 nitrogen and oxygen atoms in total. The van der Waals surface area contributed by atoms with Gasteiger partial charge in [-0.05, 0) is 28.1 Å². The third kappa shape index (κ3) is 2.53. The van der Waals surface area contributed by atoms with Gasteiger partial charge in [-0.1, -0.05) is 12.1 Å². The molecule has 18 heavy (non-hydrogen) atoms. The first-order valence-electron chi connectivity index (χ1n) is 5.38. The quantitative estimate of drug-likeness (QED) is 0.896. The zero-order valence-corrected chi connectivity index (χ0v) is 11.7. The van der Waals surface area contributed by atoms with Crippen molar-refractivity contribution in [2.24, 2.45) is 7.05 Å². The molecule has 0 radical (unpaired) electrons. The maximum atomic E-state index is 11.3. The van der Waals surface area contributed by atoms with Gasteiger partial charge in [0.25, 0.3) is 0 Å². The number of nitrogens with one attached hydrogen (secondary N) is 2. The van der Waals surface area contributed by atoms with Gasteiger partial charge in [0.1, 0.15) is 0 Å². The molecule has 2 N–H and O–H groups in total. The first kappa shape index (κ1) is 12.6. The van der Waals surface area contributed by atoms with Crippen LogP contribution in [0.15, 0.2) is 34.9 Å². The Bertz CT molecular complexity index is 560. The zero-order chi connectivity index (χ0) is 13.1. The number of aryl methyl sites for hydroxylation is 1. The molecule has 1 aromatic heterocycles. The summed E-state index contributed by atoms with van der Waals surface area (Å²) in [4.78, 5) is 11.3. The number of rotatable bonds is 2. The van der Waals surface area contributed by atoms with E-state index in [1.54, 1.807) is 17.9 Å². The molecule has 6 heteroatoms. The van der Waals surface area contributed by atoms with E-state index in [-0.39, 0.29) is 6.03 Å². The maximum Gasteiger partial charge on any atom is 0.318 e. The Morgan fingerprint density at radius 1 is 1.44 bits per heavy atom. The Morgan fingerprint density at radius 2 is 2.22 bits per heavy atom. The SMILES string of the molecule is CNC(=O)Nc1cccc(-c2c(Br)cnn2C)c1. The van der Waals surface area contributed by atoms with Gasteiger partial charge in [0, 0.05) is 25.3 Å². The van der Waals surface area contributed by atoms with Crippen LogP contribution in [0.3, 0.4) is 0 Å². The number of carbonyl (C=O) groups excluding carboxylic acids is 1. The number of hydrogen-bond acceptors (Lipinski definition) is 2. The first-order chi connectivity index (χ1) is 8.61. The lowest BCUT2D eigenvalue weighted by molar-refractivity contribution is 0.254. The van der Waals surface area contributed by atoms with Gasteiger partial charge in [0.2, 0.25) is 0 Å². The average molecular weight is 309 g/mol. The third-order valence-corrected chi connectivity index (χ3v) is 3.10. The van der Waals surface area contributed by atoms with Gasteiger partial charge in [-0.3, -0.25) is 4.68 Å². The normalized spacial score (nSPS) is 10.2. The Kier molecular flexibility index (Phi) is 3.66. The molecule has 94 valence electrons. The van der Waals surface area contributed by atoms with Crippen LogP contribution in [0.1, 0.15) is 0 Å². The summed E-state index contributed by atoms with van der Waals surface area (Å²) < 4.78 is 2.70. The highest BCUT2D eigenvalue weighted by Gasteiger charge is 2.09. The van der Waals surface area contributed by atoms with Crippen molar-refractivity contribution in [3.05, 3.63) is 34.9 Å². The number of carbonyl (C=O) groups is 1. The molecule has 2 aromatic rings. The standard InChI is InChI=1S/C12H13BrN4O/c1-14-12(18)16-9-5-3-4-8(6-9)11-10(13)7-15-17(11)2/h3-7H,1-2H3,(H2,14,16,18). The van der Waals surface area contributed by atoms with Gasteiger partial charge < -0.3 is 10.6 Å². The molecule has 0 bridgehead atoms. The van der Waals surface area contributed by atoms with Crippen LogP contribution in [0.2, 0.25) is 0 Å². The summed E-state index contributed by atoms with van der Waals surface area (Å²) in [6.07, 6.45) is 1.74. The van der Waals surface area contributed by atoms with Crippen LogP contribution in [0.4, 0.5) is 10.5 Å². The molecule has 0 atom stereocenters. The largest absolute Gasteiger partial charge is 0.341 e. The number of benzene rings is 1. The van der Waals surface area contributed by atoms with Crippen molar-refractivity contribution < 1.29 is 4.79 Å². The van der Waals surface area contributed by atoms with Gasteiger partial charge in [-0.25, -0.2) is 4.79 Å². The number of amides is 2. The second kappa shape index (κ2) is 5.22. The topological polar surface area (TPSA) is 59.0 Å². The molecule has 0 saturated carbocycles. The van der Waals surface area contributed by atoms with Crippen LogP contribution in [0.25, 0.3) is 11.3 Å². The van der Waals surface area contributed by atoms with E-state index in [1.807, 2.05) is 31.3 Å². The smallest absolute Gasteiger partial charge is 0.318 e. The number of hydrogen-bond donors (Lipinski definition) is 2. The van der Waals surface area contributed by atoms with Gasteiger partial charge in [-0.15, -0.1) is 0 Å². The van der Waals surface area contributed by atoms with E-state index in [1.165, 1.54) is 0 Å². The summed E-state index contributed by atoms with van der Waals surface area (Å²) in [5.74, 6) is 0. The molecule has 2 rings (SSSR count). The van der Waals surface area contributed by atoms with E-state index in [4.69, 9.17) is 0 Å². The number of halogens is 1. The number of aromatic nitrogens is 2. The summed E-state index contributed by atoms with van der Waals surface area (Å²) >= 11 is 3.46. The molecule has 0 aliphatic heterocycles. The predicted octanol–water partition coefficient (Wildman–Crippen LogP) is 2.60. The maximum absolute atomic E-state index is 11.3. The zero-order valence-electron chi connectivity index (χ0n) is 10.1. The average Bonchev–Trinajstić information content (AvgIpc) is 2.69. The molecule has 0 spiro atoms. The fraction of sp³-hybridized carbons (Fsp3) is 0.167. The second-order valence-electron chi connectivity index (χ2n) is 3.75. The summed E-state index contributed by atoms with van der Waals surface area (Å²) in [7, 11) is 3.45. The van der Waals surface area contributed by atoms with Crippen LogP contribution in [0, 0.1) is 0 Å². The molecule has 0 saturated heterocycles. The number of nitrogens with zero attached hydrogens (tertiary/aromatic N) is 2. The monoisotopic (exact) mass is 308 g/mol. The summed E-state index contributed by atoms with van der Waals surface area (Å²) in [6.45, 7) is 0.